The summed E-state index contributed by atoms with van der Waals surface area (Å²) in [6.45, 7) is 10.8. The van der Waals surface area contributed by atoms with Gasteiger partial charge in [-0.2, -0.15) is 0 Å². The minimum Gasteiger partial charge on any atom is -0.479 e. The van der Waals surface area contributed by atoms with Crippen LogP contribution in [0.5, 0.6) is 0 Å². The highest BCUT2D eigenvalue weighted by molar-refractivity contribution is 5.73. The van der Waals surface area contributed by atoms with Crippen molar-refractivity contribution in [2.75, 3.05) is 6.61 Å². The Kier molecular flexibility index (Phi) is 9.82. The van der Waals surface area contributed by atoms with E-state index in [4.69, 9.17) is 14.6 Å². The zero-order chi connectivity index (χ0) is 24.8. The number of ether oxygens (including phenoxy) is 2. The molecule has 1 fully saturated rings. The number of carboxylic acid groups (broad SMARTS) is 1. The number of rotatable bonds is 8. The van der Waals surface area contributed by atoms with Gasteiger partial charge >= 0.3 is 5.97 Å². The van der Waals surface area contributed by atoms with Crippen LogP contribution in [-0.4, -0.2) is 63.7 Å². The molecule has 1 heterocycles. The summed E-state index contributed by atoms with van der Waals surface area (Å²) in [5.41, 5.74) is 5.13. The number of allylic oxidation sites excluding steroid dienone is 9. The first kappa shape index (κ1) is 27.2. The predicted molar refractivity (Wildman–Crippen MR) is 126 cm³/mol. The monoisotopic (exact) mass is 462 g/mol. The summed E-state index contributed by atoms with van der Waals surface area (Å²) in [5.74, 6) is -1.44. The van der Waals surface area contributed by atoms with Gasteiger partial charge in [0.25, 0.3) is 0 Å². The fourth-order valence-electron chi connectivity index (χ4n) is 4.16. The van der Waals surface area contributed by atoms with E-state index in [1.807, 2.05) is 25.2 Å². The summed E-state index contributed by atoms with van der Waals surface area (Å²) < 4.78 is 10.5. The van der Waals surface area contributed by atoms with Crippen molar-refractivity contribution < 1.29 is 34.7 Å². The molecule has 33 heavy (non-hydrogen) atoms. The van der Waals surface area contributed by atoms with Gasteiger partial charge in [0, 0.05) is 0 Å². The van der Waals surface area contributed by atoms with E-state index in [0.29, 0.717) is 0 Å². The highest BCUT2D eigenvalue weighted by Crippen LogP contribution is 2.40. The van der Waals surface area contributed by atoms with Crippen LogP contribution in [-0.2, 0) is 14.3 Å². The molecular formula is C26H38O7. The molecule has 0 radical (unpaired) electrons. The van der Waals surface area contributed by atoms with Crippen LogP contribution in [0.3, 0.4) is 0 Å². The molecule has 0 aromatic carbocycles. The van der Waals surface area contributed by atoms with E-state index in [-0.39, 0.29) is 12.0 Å². The number of hydrogen-bond acceptors (Lipinski definition) is 6. The van der Waals surface area contributed by atoms with Gasteiger partial charge in [0.15, 0.2) is 12.4 Å². The van der Waals surface area contributed by atoms with Crippen molar-refractivity contribution in [1.29, 1.82) is 0 Å². The minimum atomic E-state index is -1.73. The quantitative estimate of drug-likeness (QED) is 0.408. The molecule has 0 unspecified atom stereocenters. The fourth-order valence-corrected chi connectivity index (χ4v) is 4.16. The maximum Gasteiger partial charge on any atom is 0.335 e. The molecule has 0 spiro atoms. The molecule has 1 aliphatic heterocycles. The second-order valence-corrected chi connectivity index (χ2v) is 9.55. The van der Waals surface area contributed by atoms with Crippen LogP contribution in [0.1, 0.15) is 53.9 Å². The number of carbonyl (C=O) groups is 1. The van der Waals surface area contributed by atoms with Crippen molar-refractivity contribution >= 4 is 5.97 Å². The molecule has 7 heteroatoms. The minimum absolute atomic E-state index is 0.0398. The van der Waals surface area contributed by atoms with Gasteiger partial charge in [-0.3, -0.25) is 0 Å². The molecular weight excluding hydrogens is 424 g/mol. The summed E-state index contributed by atoms with van der Waals surface area (Å²) >= 11 is 0. The van der Waals surface area contributed by atoms with Crippen LogP contribution >= 0.6 is 0 Å². The number of aliphatic carboxylic acids is 1. The van der Waals surface area contributed by atoms with Crippen LogP contribution in [0.25, 0.3) is 0 Å². The molecule has 0 saturated carbocycles. The zero-order valence-electron chi connectivity index (χ0n) is 20.2. The number of aliphatic hydroxyl groups excluding tert-OH is 3. The summed E-state index contributed by atoms with van der Waals surface area (Å²) in [7, 11) is 0. The molecule has 2 aliphatic rings. The first-order chi connectivity index (χ1) is 15.4. The Hall–Kier alpha value is -2.03. The van der Waals surface area contributed by atoms with Crippen LogP contribution in [0.15, 0.2) is 58.7 Å². The third-order valence-corrected chi connectivity index (χ3v) is 6.25. The number of carboxylic acids is 1. The first-order valence-corrected chi connectivity index (χ1v) is 11.4. The van der Waals surface area contributed by atoms with Gasteiger partial charge in [-0.1, -0.05) is 67.0 Å². The van der Waals surface area contributed by atoms with E-state index >= 15 is 0 Å². The third-order valence-electron chi connectivity index (χ3n) is 6.25. The van der Waals surface area contributed by atoms with Gasteiger partial charge in [-0.15, -0.1) is 0 Å². The lowest BCUT2D eigenvalue weighted by molar-refractivity contribution is -0.291. The summed E-state index contributed by atoms with van der Waals surface area (Å²) in [5, 5.41) is 38.5. The molecule has 7 nitrogen and oxygen atoms in total. The maximum absolute atomic E-state index is 11.1. The van der Waals surface area contributed by atoms with Crippen molar-refractivity contribution in [2.24, 2.45) is 5.41 Å². The van der Waals surface area contributed by atoms with E-state index in [2.05, 4.69) is 39.8 Å². The maximum atomic E-state index is 11.1. The van der Waals surface area contributed by atoms with Gasteiger partial charge in [0.05, 0.1) is 6.61 Å². The SMILES string of the molecule is CC(C=CC1=C(C)CCCC1(C)C)=C/C=C/C(C)=C\CO[C@@H]1O[C@H](C(=O)O)[C@@H](O)[C@H](O)[C@H]1O. The van der Waals surface area contributed by atoms with Gasteiger partial charge in [0.2, 0.25) is 0 Å². The number of aliphatic hydroxyl groups is 3. The van der Waals surface area contributed by atoms with E-state index in [1.165, 1.54) is 24.0 Å². The molecule has 184 valence electrons. The Bertz CT molecular complexity index is 847. The van der Waals surface area contributed by atoms with Gasteiger partial charge in [-0.25, -0.2) is 4.79 Å². The van der Waals surface area contributed by atoms with E-state index in [1.54, 1.807) is 6.08 Å². The lowest BCUT2D eigenvalue weighted by Crippen LogP contribution is -2.60. The van der Waals surface area contributed by atoms with E-state index < -0.39 is 36.7 Å². The predicted octanol–water partition coefficient (Wildman–Crippen LogP) is 3.43. The van der Waals surface area contributed by atoms with Crippen molar-refractivity contribution in [1.82, 2.24) is 0 Å². The van der Waals surface area contributed by atoms with Crippen LogP contribution in [0, 0.1) is 5.41 Å². The molecule has 2 rings (SSSR count). The molecule has 1 aliphatic carbocycles. The normalized spacial score (nSPS) is 31.6. The largest absolute Gasteiger partial charge is 0.479 e. The lowest BCUT2D eigenvalue weighted by Gasteiger charge is -2.38. The Balaban J connectivity index is 1.90. The molecule has 4 N–H and O–H groups in total. The third kappa shape index (κ3) is 7.48. The van der Waals surface area contributed by atoms with E-state index in [9.17, 15) is 20.1 Å². The zero-order valence-corrected chi connectivity index (χ0v) is 20.2. The Morgan fingerprint density at radius 3 is 2.45 bits per heavy atom. The second-order valence-electron chi connectivity index (χ2n) is 9.55. The van der Waals surface area contributed by atoms with Crippen molar-refractivity contribution in [3.8, 4) is 0 Å². The fraction of sp³-hybridized carbons (Fsp3) is 0.577. The van der Waals surface area contributed by atoms with Crippen LogP contribution in [0.2, 0.25) is 0 Å². The van der Waals surface area contributed by atoms with Gasteiger partial charge in [-0.05, 0) is 51.0 Å². The van der Waals surface area contributed by atoms with Gasteiger partial charge < -0.3 is 29.9 Å². The van der Waals surface area contributed by atoms with Crippen molar-refractivity contribution in [3.05, 3.63) is 58.7 Å². The molecule has 0 amide bonds. The molecule has 0 aromatic rings. The summed E-state index contributed by atoms with van der Waals surface area (Å²) in [4.78, 5) is 11.1. The summed E-state index contributed by atoms with van der Waals surface area (Å²) in [6, 6.07) is 0. The average molecular weight is 463 g/mol. The highest BCUT2D eigenvalue weighted by atomic mass is 16.7. The molecule has 5 atom stereocenters. The Labute approximate surface area is 196 Å². The first-order valence-electron chi connectivity index (χ1n) is 11.4. The van der Waals surface area contributed by atoms with E-state index in [0.717, 1.165) is 17.6 Å². The van der Waals surface area contributed by atoms with Crippen LogP contribution < -0.4 is 0 Å². The van der Waals surface area contributed by atoms with Gasteiger partial charge in [0.1, 0.15) is 18.3 Å². The molecule has 0 bridgehead atoms. The van der Waals surface area contributed by atoms with Crippen molar-refractivity contribution in [3.63, 3.8) is 0 Å². The second kappa shape index (κ2) is 11.9. The topological polar surface area (TPSA) is 116 Å². The van der Waals surface area contributed by atoms with Crippen LogP contribution in [0.4, 0.5) is 0 Å². The summed E-state index contributed by atoms with van der Waals surface area (Å²) in [6.07, 6.45) is 7.62. The Morgan fingerprint density at radius 1 is 1.12 bits per heavy atom. The Morgan fingerprint density at radius 2 is 1.82 bits per heavy atom. The molecule has 0 aromatic heterocycles. The standard InChI is InChI=1S/C26H38O7/c1-16(11-12-19-18(3)10-7-14-26(19,4)5)8-6-9-17(2)13-15-32-25-22(29)20(27)21(28)23(33-25)24(30)31/h6,8-9,11-13,20-23,25,27-29H,7,10,14-15H2,1-5H3,(H,30,31)/b9-6+,12-11?,16-8?,17-13-/t20-,21-,22+,23-,25+/m0/s1. The van der Waals surface area contributed by atoms with Crippen molar-refractivity contribution in [2.45, 2.75) is 84.6 Å². The smallest absolute Gasteiger partial charge is 0.335 e. The number of hydrogen-bond donors (Lipinski definition) is 4. The lowest BCUT2D eigenvalue weighted by atomic mass is 9.72. The average Bonchev–Trinajstić information content (AvgIpc) is 2.72. The molecule has 1 saturated heterocycles. The highest BCUT2D eigenvalue weighted by Gasteiger charge is 2.47.